The number of rotatable bonds is 8. The lowest BCUT2D eigenvalue weighted by atomic mass is 9.93. The maximum atomic E-state index is 5.55. The molecule has 8 heteroatoms. The van der Waals surface area contributed by atoms with Gasteiger partial charge < -0.3 is 24.6 Å². The van der Waals surface area contributed by atoms with Gasteiger partial charge in [0.25, 0.3) is 0 Å². The average molecular weight is 560 g/mol. The Morgan fingerprint density at radius 2 is 1.75 bits per heavy atom. The van der Waals surface area contributed by atoms with Crippen molar-refractivity contribution in [3.05, 3.63) is 23.8 Å². The van der Waals surface area contributed by atoms with E-state index < -0.39 is 0 Å². The van der Waals surface area contributed by atoms with Crippen LogP contribution in [0.15, 0.2) is 23.2 Å². The van der Waals surface area contributed by atoms with Crippen LogP contribution in [0.3, 0.4) is 0 Å². The van der Waals surface area contributed by atoms with Gasteiger partial charge in [0, 0.05) is 51.9 Å². The van der Waals surface area contributed by atoms with E-state index in [2.05, 4.69) is 38.0 Å². The van der Waals surface area contributed by atoms with Gasteiger partial charge in [-0.1, -0.05) is 6.92 Å². The number of piperazine rings is 1. The van der Waals surface area contributed by atoms with E-state index in [-0.39, 0.29) is 24.0 Å². The Morgan fingerprint density at radius 3 is 2.34 bits per heavy atom. The lowest BCUT2D eigenvalue weighted by Crippen LogP contribution is -2.52. The Balaban J connectivity index is 0.00000363. The molecule has 2 heterocycles. The average Bonchev–Trinajstić information content (AvgIpc) is 2.83. The van der Waals surface area contributed by atoms with Gasteiger partial charge in [-0.05, 0) is 63.0 Å². The van der Waals surface area contributed by atoms with Crippen LogP contribution in [0.2, 0.25) is 0 Å². The molecule has 1 aromatic carbocycles. The van der Waals surface area contributed by atoms with E-state index in [0.29, 0.717) is 0 Å². The molecule has 3 rings (SSSR count). The predicted octanol–water partition coefficient (Wildman–Crippen LogP) is 3.14. The number of nitrogens with one attached hydrogen (secondary N) is 1. The normalized spacial score (nSPS) is 18.9. The Bertz CT molecular complexity index is 702. The zero-order chi connectivity index (χ0) is 22.1. The van der Waals surface area contributed by atoms with Crippen molar-refractivity contribution in [3.8, 4) is 11.5 Å². The molecule has 7 nitrogen and oxygen atoms in total. The molecule has 2 saturated heterocycles. The first-order valence-corrected chi connectivity index (χ1v) is 11.8. The highest BCUT2D eigenvalue weighted by Crippen LogP contribution is 2.25. The fraction of sp³-hybridized carbons (Fsp3) is 0.708. The third-order valence-electron chi connectivity index (χ3n) is 6.76. The molecule has 0 radical (unpaired) electrons. The van der Waals surface area contributed by atoms with Crippen LogP contribution >= 0.6 is 24.0 Å². The van der Waals surface area contributed by atoms with E-state index in [1.54, 1.807) is 14.2 Å². The van der Waals surface area contributed by atoms with Gasteiger partial charge in [-0.2, -0.15) is 0 Å². The van der Waals surface area contributed by atoms with E-state index in [1.807, 2.05) is 19.2 Å². The monoisotopic (exact) mass is 559 g/mol. The van der Waals surface area contributed by atoms with E-state index in [0.717, 1.165) is 62.6 Å². The number of guanidine groups is 1. The maximum absolute atomic E-state index is 5.55. The summed E-state index contributed by atoms with van der Waals surface area (Å²) in [6.45, 7) is 11.9. The van der Waals surface area contributed by atoms with Crippen molar-refractivity contribution >= 4 is 29.9 Å². The predicted molar refractivity (Wildman–Crippen MR) is 143 cm³/mol. The summed E-state index contributed by atoms with van der Waals surface area (Å²) in [5.74, 6) is 3.69. The van der Waals surface area contributed by atoms with E-state index >= 15 is 0 Å². The van der Waals surface area contributed by atoms with Gasteiger partial charge in [-0.3, -0.25) is 9.89 Å². The number of ether oxygens (including phenoxy) is 2. The summed E-state index contributed by atoms with van der Waals surface area (Å²) >= 11 is 0. The summed E-state index contributed by atoms with van der Waals surface area (Å²) in [5, 5.41) is 3.62. The first-order valence-electron chi connectivity index (χ1n) is 11.8. The number of benzene rings is 1. The molecule has 0 bridgehead atoms. The first kappa shape index (κ1) is 27.0. The van der Waals surface area contributed by atoms with Crippen LogP contribution in [0.25, 0.3) is 0 Å². The van der Waals surface area contributed by atoms with Crippen LogP contribution in [0, 0.1) is 5.92 Å². The molecular weight excluding hydrogens is 517 g/mol. The lowest BCUT2D eigenvalue weighted by Gasteiger charge is -2.37. The third kappa shape index (κ3) is 7.66. The summed E-state index contributed by atoms with van der Waals surface area (Å²) in [5.41, 5.74) is 1.17. The minimum Gasteiger partial charge on any atom is -0.497 e. The number of halogens is 1. The van der Waals surface area contributed by atoms with Crippen LogP contribution in [0.1, 0.15) is 31.7 Å². The Morgan fingerprint density at radius 1 is 1.03 bits per heavy atom. The summed E-state index contributed by atoms with van der Waals surface area (Å²) < 4.78 is 10.9. The Kier molecular flexibility index (Phi) is 11.9. The molecule has 2 fully saturated rings. The fourth-order valence-electron chi connectivity index (χ4n) is 4.68. The van der Waals surface area contributed by atoms with Gasteiger partial charge in [0.05, 0.1) is 14.2 Å². The molecule has 0 aromatic heterocycles. The van der Waals surface area contributed by atoms with E-state index in [1.165, 1.54) is 44.5 Å². The first-order chi connectivity index (χ1) is 15.2. The summed E-state index contributed by atoms with van der Waals surface area (Å²) in [4.78, 5) is 12.0. The molecule has 1 aromatic rings. The molecule has 0 spiro atoms. The molecule has 0 aliphatic carbocycles. The van der Waals surface area contributed by atoms with Crippen LogP contribution in [0.5, 0.6) is 11.5 Å². The number of hydrogen-bond acceptors (Lipinski definition) is 5. The molecule has 32 heavy (non-hydrogen) atoms. The van der Waals surface area contributed by atoms with Gasteiger partial charge in [0.2, 0.25) is 0 Å². The molecule has 0 atom stereocenters. The largest absolute Gasteiger partial charge is 0.497 e. The molecule has 182 valence electrons. The van der Waals surface area contributed by atoms with Gasteiger partial charge in [-0.25, -0.2) is 0 Å². The second-order valence-corrected chi connectivity index (χ2v) is 8.58. The second-order valence-electron chi connectivity index (χ2n) is 8.58. The van der Waals surface area contributed by atoms with Crippen molar-refractivity contribution in [2.24, 2.45) is 10.9 Å². The van der Waals surface area contributed by atoms with E-state index in [9.17, 15) is 0 Å². The minimum absolute atomic E-state index is 0. The van der Waals surface area contributed by atoms with Gasteiger partial charge in [-0.15, -0.1) is 24.0 Å². The van der Waals surface area contributed by atoms with Crippen molar-refractivity contribution in [3.63, 3.8) is 0 Å². The van der Waals surface area contributed by atoms with Crippen LogP contribution in [0.4, 0.5) is 0 Å². The summed E-state index contributed by atoms with van der Waals surface area (Å²) in [6.07, 6.45) is 3.91. The Hall–Kier alpha value is -1.26. The highest BCUT2D eigenvalue weighted by Gasteiger charge is 2.22. The van der Waals surface area contributed by atoms with Crippen LogP contribution < -0.4 is 14.8 Å². The molecular formula is C24H42IN5O2. The quantitative estimate of drug-likeness (QED) is 0.300. The van der Waals surface area contributed by atoms with Crippen molar-refractivity contribution in [1.82, 2.24) is 20.0 Å². The van der Waals surface area contributed by atoms with Crippen molar-refractivity contribution in [2.75, 3.05) is 73.6 Å². The van der Waals surface area contributed by atoms with Gasteiger partial charge in [0.1, 0.15) is 11.5 Å². The number of aliphatic imine (C=N–C) groups is 1. The summed E-state index contributed by atoms with van der Waals surface area (Å²) in [6, 6.07) is 6.02. The third-order valence-corrected chi connectivity index (χ3v) is 6.76. The molecule has 2 aliphatic rings. The molecule has 2 aliphatic heterocycles. The van der Waals surface area contributed by atoms with Crippen LogP contribution in [-0.4, -0.2) is 94.3 Å². The molecule has 0 amide bonds. The zero-order valence-electron chi connectivity index (χ0n) is 20.3. The van der Waals surface area contributed by atoms with E-state index in [4.69, 9.17) is 9.47 Å². The zero-order valence-corrected chi connectivity index (χ0v) is 22.6. The topological polar surface area (TPSA) is 52.6 Å². The number of methoxy groups -OCH3 is 2. The summed E-state index contributed by atoms with van der Waals surface area (Å²) in [7, 11) is 5.33. The smallest absolute Gasteiger partial charge is 0.193 e. The number of nitrogens with zero attached hydrogens (tertiary/aromatic N) is 4. The number of likely N-dealkylation sites (tertiary alicyclic amines) is 1. The minimum atomic E-state index is 0. The second kappa shape index (κ2) is 14.1. The number of hydrogen-bond donors (Lipinski definition) is 1. The van der Waals surface area contributed by atoms with Crippen molar-refractivity contribution in [1.29, 1.82) is 0 Å². The fourth-order valence-corrected chi connectivity index (χ4v) is 4.68. The van der Waals surface area contributed by atoms with Gasteiger partial charge >= 0.3 is 0 Å². The lowest BCUT2D eigenvalue weighted by molar-refractivity contribution is 0.169. The highest BCUT2D eigenvalue weighted by atomic mass is 127. The van der Waals surface area contributed by atoms with Crippen LogP contribution in [-0.2, 0) is 6.54 Å². The molecule has 1 N–H and O–H groups in total. The number of piperidine rings is 1. The van der Waals surface area contributed by atoms with Crippen molar-refractivity contribution in [2.45, 2.75) is 32.7 Å². The molecule has 0 unspecified atom stereocenters. The SMILES string of the molecule is CCN1CCC(CCNC(=NC)N2CCN(Cc3cc(OC)ccc3OC)CC2)CC1.I. The highest BCUT2D eigenvalue weighted by molar-refractivity contribution is 14.0. The maximum Gasteiger partial charge on any atom is 0.193 e. The van der Waals surface area contributed by atoms with Crippen molar-refractivity contribution < 1.29 is 9.47 Å². The Labute approximate surface area is 211 Å². The standard InChI is InChI=1S/C24H41N5O2.HI/c1-5-27-12-9-20(10-13-27)8-11-26-24(25-2)29-16-14-28(15-17-29)19-21-18-22(30-3)6-7-23(21)31-4;/h6-7,18,20H,5,8-17,19H2,1-4H3,(H,25,26);1H. The van der Waals surface area contributed by atoms with Gasteiger partial charge in [0.15, 0.2) is 5.96 Å². The molecule has 0 saturated carbocycles.